The van der Waals surface area contributed by atoms with Crippen LogP contribution in [-0.4, -0.2) is 30.1 Å². The summed E-state index contributed by atoms with van der Waals surface area (Å²) < 4.78 is 26.1. The Morgan fingerprint density at radius 2 is 2.35 bits per heavy atom. The molecule has 1 aliphatic rings. The molecular weight excluding hydrogens is 303 g/mol. The third-order valence-corrected chi connectivity index (χ3v) is 5.15. The Morgan fingerprint density at radius 1 is 1.55 bits per heavy atom. The third kappa shape index (κ3) is 3.10. The molecule has 20 heavy (non-hydrogen) atoms. The molecule has 1 aliphatic carbocycles. The van der Waals surface area contributed by atoms with Gasteiger partial charge in [-0.2, -0.15) is 9.49 Å². The molecule has 0 spiro atoms. The number of rotatable bonds is 5. The molecule has 2 aromatic rings. The fourth-order valence-electron chi connectivity index (χ4n) is 1.63. The van der Waals surface area contributed by atoms with Crippen LogP contribution >= 0.6 is 11.3 Å². The van der Waals surface area contributed by atoms with E-state index in [0.717, 1.165) is 30.4 Å². The first-order valence-electron chi connectivity index (χ1n) is 5.96. The second kappa shape index (κ2) is 5.41. The van der Waals surface area contributed by atoms with E-state index in [2.05, 4.69) is 15.4 Å². The molecule has 0 saturated heterocycles. The highest BCUT2D eigenvalue weighted by Crippen LogP contribution is 2.29. The fourth-order valence-corrected chi connectivity index (χ4v) is 3.51. The van der Waals surface area contributed by atoms with E-state index >= 15 is 0 Å². The Morgan fingerprint density at radius 3 is 3.00 bits per heavy atom. The molecule has 0 bridgehead atoms. The van der Waals surface area contributed by atoms with Gasteiger partial charge < -0.3 is 5.32 Å². The largest absolute Gasteiger partial charge is 0.300 e. The van der Waals surface area contributed by atoms with Crippen LogP contribution in [0.4, 0.5) is 9.52 Å². The molecule has 1 amide bonds. The average molecular weight is 314 g/mol. The molecular formula is C11H11FN4O2S2. The van der Waals surface area contributed by atoms with Crippen molar-refractivity contribution in [1.82, 2.24) is 14.8 Å². The number of carbonyl (C=O) groups excluding carboxylic acids is 1. The van der Waals surface area contributed by atoms with E-state index in [4.69, 9.17) is 0 Å². The topological polar surface area (TPSA) is 76.9 Å². The van der Waals surface area contributed by atoms with Crippen LogP contribution < -0.4 is 5.32 Å². The zero-order chi connectivity index (χ0) is 14.1. The first-order chi connectivity index (χ1) is 9.61. The first-order valence-corrected chi connectivity index (χ1v) is 7.99. The smallest absolute Gasteiger partial charge is 0.247 e. The number of nitrogens with one attached hydrogen (secondary N) is 1. The Hall–Kier alpha value is -1.61. The van der Waals surface area contributed by atoms with Crippen LogP contribution in [0.2, 0.25) is 0 Å². The highest BCUT2D eigenvalue weighted by molar-refractivity contribution is 7.86. The molecule has 2 aromatic heterocycles. The van der Waals surface area contributed by atoms with Crippen molar-refractivity contribution in [2.24, 2.45) is 0 Å². The lowest BCUT2D eigenvalue weighted by atomic mass is 10.6. The highest BCUT2D eigenvalue weighted by atomic mass is 32.2. The highest BCUT2D eigenvalue weighted by Gasteiger charge is 2.30. The van der Waals surface area contributed by atoms with Crippen LogP contribution in [-0.2, 0) is 22.1 Å². The zero-order valence-corrected chi connectivity index (χ0v) is 11.9. The van der Waals surface area contributed by atoms with Crippen molar-refractivity contribution < 1.29 is 13.4 Å². The van der Waals surface area contributed by atoms with Gasteiger partial charge in [-0.3, -0.25) is 13.7 Å². The maximum atomic E-state index is 12.7. The van der Waals surface area contributed by atoms with Crippen LogP contribution in [0.5, 0.6) is 0 Å². The summed E-state index contributed by atoms with van der Waals surface area (Å²) in [6.07, 6.45) is 6.13. The van der Waals surface area contributed by atoms with Gasteiger partial charge in [0.1, 0.15) is 6.54 Å². The minimum absolute atomic E-state index is 0.0247. The van der Waals surface area contributed by atoms with E-state index in [-0.39, 0.29) is 22.8 Å². The Labute approximate surface area is 120 Å². The molecule has 1 atom stereocenters. The fraction of sp³-hybridized carbons (Fsp3) is 0.364. The minimum Gasteiger partial charge on any atom is -0.300 e. The van der Waals surface area contributed by atoms with Crippen LogP contribution in [0.1, 0.15) is 12.8 Å². The number of amides is 1. The van der Waals surface area contributed by atoms with Crippen molar-refractivity contribution >= 4 is 33.2 Å². The van der Waals surface area contributed by atoms with Gasteiger partial charge in [-0.25, -0.2) is 4.98 Å². The number of aromatic nitrogens is 3. The molecule has 0 aromatic carbocycles. The van der Waals surface area contributed by atoms with Crippen molar-refractivity contribution in [2.45, 2.75) is 29.5 Å². The normalized spacial score (nSPS) is 16.1. The average Bonchev–Trinajstić information content (AvgIpc) is 3.03. The summed E-state index contributed by atoms with van der Waals surface area (Å²) in [6.45, 7) is -0.0247. The molecule has 2 heterocycles. The lowest BCUT2D eigenvalue weighted by Gasteiger charge is -2.01. The number of halogens is 1. The van der Waals surface area contributed by atoms with Gasteiger partial charge in [0.2, 0.25) is 5.91 Å². The van der Waals surface area contributed by atoms with Crippen LogP contribution in [0, 0.1) is 5.13 Å². The Balaban J connectivity index is 1.59. The van der Waals surface area contributed by atoms with Gasteiger partial charge in [0, 0.05) is 11.4 Å². The van der Waals surface area contributed by atoms with E-state index in [1.54, 1.807) is 6.20 Å². The Kier molecular flexibility index (Phi) is 3.62. The van der Waals surface area contributed by atoms with Gasteiger partial charge in [0.15, 0.2) is 10.3 Å². The lowest BCUT2D eigenvalue weighted by Crippen LogP contribution is -2.18. The lowest BCUT2D eigenvalue weighted by molar-refractivity contribution is -0.116. The maximum absolute atomic E-state index is 12.7. The van der Waals surface area contributed by atoms with E-state index in [1.807, 2.05) is 0 Å². The molecule has 1 saturated carbocycles. The number of nitrogens with zero attached hydrogens (tertiary/aromatic N) is 3. The first kappa shape index (κ1) is 13.4. The minimum atomic E-state index is -1.03. The van der Waals surface area contributed by atoms with Crippen molar-refractivity contribution in [3.63, 3.8) is 0 Å². The van der Waals surface area contributed by atoms with Gasteiger partial charge in [-0.15, -0.1) is 0 Å². The number of carbonyl (C=O) groups is 1. The number of hydrogen-bond acceptors (Lipinski definition) is 5. The Bertz CT molecular complexity index is 665. The van der Waals surface area contributed by atoms with Crippen molar-refractivity contribution in [3.05, 3.63) is 23.7 Å². The van der Waals surface area contributed by atoms with Gasteiger partial charge in [0.25, 0.3) is 0 Å². The SMILES string of the molecule is O=C(Cn1cc(S(=O)C2CC2)cn1)Nc1ncc(F)s1. The predicted octanol–water partition coefficient (Wildman–Crippen LogP) is 1.39. The van der Waals surface area contributed by atoms with Gasteiger partial charge in [-0.05, 0) is 12.8 Å². The molecule has 0 aliphatic heterocycles. The van der Waals surface area contributed by atoms with Gasteiger partial charge in [-0.1, -0.05) is 11.3 Å². The molecule has 3 rings (SSSR count). The van der Waals surface area contributed by atoms with Crippen LogP contribution in [0.25, 0.3) is 0 Å². The van der Waals surface area contributed by atoms with Crippen molar-refractivity contribution in [1.29, 1.82) is 0 Å². The van der Waals surface area contributed by atoms with E-state index in [9.17, 15) is 13.4 Å². The van der Waals surface area contributed by atoms with Crippen molar-refractivity contribution in [2.75, 3.05) is 5.32 Å². The summed E-state index contributed by atoms with van der Waals surface area (Å²) in [5.41, 5.74) is 0. The summed E-state index contributed by atoms with van der Waals surface area (Å²) >= 11 is 0.761. The zero-order valence-electron chi connectivity index (χ0n) is 10.3. The predicted molar refractivity (Wildman–Crippen MR) is 72.4 cm³/mol. The summed E-state index contributed by atoms with van der Waals surface area (Å²) in [7, 11) is -1.03. The molecule has 0 radical (unpaired) electrons. The number of anilines is 1. The molecule has 106 valence electrons. The number of thiazole rings is 1. The summed E-state index contributed by atoms with van der Waals surface area (Å²) in [6, 6.07) is 0. The third-order valence-electron chi connectivity index (χ3n) is 2.70. The van der Waals surface area contributed by atoms with E-state index < -0.39 is 15.9 Å². The summed E-state index contributed by atoms with van der Waals surface area (Å²) in [5, 5.41) is 6.47. The van der Waals surface area contributed by atoms with Crippen molar-refractivity contribution in [3.8, 4) is 0 Å². The van der Waals surface area contributed by atoms with E-state index in [1.165, 1.54) is 10.9 Å². The quantitative estimate of drug-likeness (QED) is 0.904. The number of hydrogen-bond donors (Lipinski definition) is 1. The second-order valence-corrected chi connectivity index (χ2v) is 7.10. The standard InChI is InChI=1S/C11H11FN4O2S2/c12-9-4-13-11(19-9)15-10(17)6-16-5-8(3-14-16)20(18)7-1-2-7/h3-5,7H,1-2,6H2,(H,13,15,17). The van der Waals surface area contributed by atoms with Gasteiger partial charge >= 0.3 is 0 Å². The second-order valence-electron chi connectivity index (χ2n) is 4.39. The van der Waals surface area contributed by atoms with Crippen LogP contribution in [0.3, 0.4) is 0 Å². The van der Waals surface area contributed by atoms with E-state index in [0.29, 0.717) is 4.90 Å². The molecule has 6 nitrogen and oxygen atoms in total. The summed E-state index contributed by atoms with van der Waals surface area (Å²) in [5.74, 6) is -0.355. The maximum Gasteiger partial charge on any atom is 0.247 e. The van der Waals surface area contributed by atoms with Crippen LogP contribution in [0.15, 0.2) is 23.5 Å². The van der Waals surface area contributed by atoms with Gasteiger partial charge in [0.05, 0.1) is 28.1 Å². The molecule has 1 unspecified atom stereocenters. The molecule has 1 fully saturated rings. The summed E-state index contributed by atoms with van der Waals surface area (Å²) in [4.78, 5) is 16.0. The molecule has 9 heteroatoms. The monoisotopic (exact) mass is 314 g/mol. The molecule has 1 N–H and O–H groups in total.